The molecule has 1 aliphatic rings. The largest absolute Gasteiger partial charge is 0.337 e. The Kier molecular flexibility index (Phi) is 3.25. The number of hydrogen-bond donors (Lipinski definition) is 2. The van der Waals surface area contributed by atoms with E-state index in [2.05, 4.69) is 9.71 Å². The molecule has 0 spiro atoms. The highest BCUT2D eigenvalue weighted by Crippen LogP contribution is 2.39. The fraction of sp³-hybridized carbons (Fsp3) is 0.727. The van der Waals surface area contributed by atoms with Gasteiger partial charge in [-0.2, -0.15) is 0 Å². The van der Waals surface area contributed by atoms with Gasteiger partial charge in [0.2, 0.25) is 0 Å². The first-order chi connectivity index (χ1) is 8.28. The van der Waals surface area contributed by atoms with Gasteiger partial charge < -0.3 is 10.3 Å². The average molecular weight is 272 g/mol. The Morgan fingerprint density at radius 3 is 2.61 bits per heavy atom. The van der Waals surface area contributed by atoms with E-state index < -0.39 is 15.6 Å². The fourth-order valence-electron chi connectivity index (χ4n) is 2.03. The molecule has 0 aromatic carbocycles. The summed E-state index contributed by atoms with van der Waals surface area (Å²) in [6.07, 6.45) is 3.57. The number of nitrogens with zero attached hydrogens (tertiary/aromatic N) is 2. The van der Waals surface area contributed by atoms with Gasteiger partial charge in [-0.1, -0.05) is 0 Å². The van der Waals surface area contributed by atoms with Gasteiger partial charge in [0.1, 0.15) is 5.82 Å². The first kappa shape index (κ1) is 13.5. The summed E-state index contributed by atoms with van der Waals surface area (Å²) in [5.41, 5.74) is 5.15. The van der Waals surface area contributed by atoms with Crippen LogP contribution in [0.1, 0.15) is 25.6 Å². The van der Waals surface area contributed by atoms with E-state index in [1.165, 1.54) is 6.20 Å². The number of nitrogens with one attached hydrogen (secondary N) is 1. The lowest BCUT2D eigenvalue weighted by molar-refractivity contribution is 0.373. The van der Waals surface area contributed by atoms with Crippen molar-refractivity contribution in [3.8, 4) is 0 Å². The second kappa shape index (κ2) is 4.32. The summed E-state index contributed by atoms with van der Waals surface area (Å²) >= 11 is 0. The molecule has 6 nitrogen and oxygen atoms in total. The first-order valence-electron chi connectivity index (χ1n) is 6.02. The highest BCUT2D eigenvalue weighted by atomic mass is 32.2. The number of nitrogens with two attached hydrogens (primary N) is 1. The molecule has 0 saturated heterocycles. The van der Waals surface area contributed by atoms with Gasteiger partial charge in [-0.05, 0) is 32.6 Å². The summed E-state index contributed by atoms with van der Waals surface area (Å²) in [5, 5.41) is 0.0582. The molecular formula is C11H20N4O2S. The number of sulfonamides is 1. The maximum atomic E-state index is 12.3. The predicted octanol–water partition coefficient (Wildman–Crippen LogP) is 0.134. The van der Waals surface area contributed by atoms with E-state index in [4.69, 9.17) is 5.73 Å². The molecule has 1 aliphatic carbocycles. The Balaban J connectivity index is 2.26. The Hall–Kier alpha value is -0.920. The smallest absolute Gasteiger partial charge is 0.260 e. The molecule has 1 unspecified atom stereocenters. The minimum Gasteiger partial charge on any atom is -0.337 e. The lowest BCUT2D eigenvalue weighted by Crippen LogP contribution is -2.53. The van der Waals surface area contributed by atoms with Gasteiger partial charge in [0, 0.05) is 25.3 Å². The van der Waals surface area contributed by atoms with Crippen molar-refractivity contribution >= 4 is 10.0 Å². The highest BCUT2D eigenvalue weighted by molar-refractivity contribution is 7.89. The molecule has 1 fully saturated rings. The van der Waals surface area contributed by atoms with Gasteiger partial charge in [0.05, 0.1) is 0 Å². The van der Waals surface area contributed by atoms with Crippen molar-refractivity contribution in [2.24, 2.45) is 18.7 Å². The van der Waals surface area contributed by atoms with Crippen molar-refractivity contribution < 1.29 is 8.42 Å². The molecule has 1 atom stereocenters. The van der Waals surface area contributed by atoms with Crippen LogP contribution in [-0.4, -0.2) is 30.1 Å². The van der Waals surface area contributed by atoms with Crippen LogP contribution in [0.5, 0.6) is 0 Å². The van der Waals surface area contributed by atoms with E-state index in [1.54, 1.807) is 18.5 Å². The van der Waals surface area contributed by atoms with Crippen LogP contribution in [0.2, 0.25) is 0 Å². The molecule has 18 heavy (non-hydrogen) atoms. The van der Waals surface area contributed by atoms with E-state index in [1.807, 2.05) is 6.92 Å². The van der Waals surface area contributed by atoms with E-state index in [9.17, 15) is 8.42 Å². The van der Waals surface area contributed by atoms with Gasteiger partial charge in [-0.3, -0.25) is 0 Å². The predicted molar refractivity (Wildman–Crippen MR) is 68.4 cm³/mol. The Morgan fingerprint density at radius 1 is 1.61 bits per heavy atom. The van der Waals surface area contributed by atoms with Crippen LogP contribution in [-0.2, 0) is 17.1 Å². The summed E-state index contributed by atoms with van der Waals surface area (Å²) in [6.45, 7) is 3.92. The maximum absolute atomic E-state index is 12.3. The topological polar surface area (TPSA) is 90.0 Å². The Morgan fingerprint density at radius 2 is 2.22 bits per heavy atom. The lowest BCUT2D eigenvalue weighted by Gasteiger charge is -2.28. The third-order valence-corrected chi connectivity index (χ3v) is 5.11. The van der Waals surface area contributed by atoms with Crippen LogP contribution >= 0.6 is 0 Å². The third-order valence-electron chi connectivity index (χ3n) is 3.63. The number of hydrogen-bond acceptors (Lipinski definition) is 4. The number of rotatable bonds is 5. The summed E-state index contributed by atoms with van der Waals surface area (Å²) < 4.78 is 28.9. The minimum atomic E-state index is -3.60. The van der Waals surface area contributed by atoms with Crippen LogP contribution in [0.25, 0.3) is 0 Å². The monoisotopic (exact) mass is 272 g/mol. The molecule has 3 N–H and O–H groups in total. The van der Waals surface area contributed by atoms with Crippen LogP contribution in [0, 0.1) is 12.8 Å². The van der Waals surface area contributed by atoms with Crippen LogP contribution in [0.15, 0.2) is 11.2 Å². The molecular weight excluding hydrogens is 252 g/mol. The zero-order valence-electron chi connectivity index (χ0n) is 11.0. The normalized spacial score (nSPS) is 19.8. The van der Waals surface area contributed by atoms with Gasteiger partial charge >= 0.3 is 0 Å². The van der Waals surface area contributed by atoms with Gasteiger partial charge in [-0.15, -0.1) is 0 Å². The van der Waals surface area contributed by atoms with Crippen molar-refractivity contribution in [1.29, 1.82) is 0 Å². The van der Waals surface area contributed by atoms with Crippen molar-refractivity contribution in [3.63, 3.8) is 0 Å². The SMILES string of the molecule is Cc1nc(S(=O)(=O)NC(C)(CN)C2CC2)cn1C. The van der Waals surface area contributed by atoms with Crippen LogP contribution in [0.4, 0.5) is 0 Å². The fourth-order valence-corrected chi connectivity index (χ4v) is 3.54. The molecule has 2 rings (SSSR count). The molecule has 7 heteroatoms. The van der Waals surface area contributed by atoms with Gasteiger partial charge in [0.15, 0.2) is 5.03 Å². The molecule has 1 aromatic rings. The standard InChI is InChI=1S/C11H20N4O2S/c1-8-13-10(6-15(8)3)18(16,17)14-11(2,7-12)9-4-5-9/h6,9,14H,4-5,7,12H2,1-3H3. The number of aryl methyl sites for hydroxylation is 2. The lowest BCUT2D eigenvalue weighted by atomic mass is 9.98. The highest BCUT2D eigenvalue weighted by Gasteiger charge is 2.43. The molecule has 1 saturated carbocycles. The summed E-state index contributed by atoms with van der Waals surface area (Å²) in [7, 11) is -1.83. The summed E-state index contributed by atoms with van der Waals surface area (Å²) in [4.78, 5) is 4.05. The van der Waals surface area contributed by atoms with Gasteiger partial charge in [-0.25, -0.2) is 18.1 Å². The van der Waals surface area contributed by atoms with E-state index in [0.717, 1.165) is 12.8 Å². The van der Waals surface area contributed by atoms with E-state index in [0.29, 0.717) is 18.3 Å². The van der Waals surface area contributed by atoms with Crippen molar-refractivity contribution in [2.75, 3.05) is 6.54 Å². The van der Waals surface area contributed by atoms with Crippen LogP contribution < -0.4 is 10.5 Å². The third kappa shape index (κ3) is 2.43. The Bertz CT molecular complexity index is 528. The molecule has 1 heterocycles. The number of imidazole rings is 1. The second-order valence-electron chi connectivity index (χ2n) is 5.24. The quantitative estimate of drug-likeness (QED) is 0.797. The van der Waals surface area contributed by atoms with Gasteiger partial charge in [0.25, 0.3) is 10.0 Å². The number of aromatic nitrogens is 2. The molecule has 0 amide bonds. The van der Waals surface area contributed by atoms with Crippen LogP contribution in [0.3, 0.4) is 0 Å². The second-order valence-corrected chi connectivity index (χ2v) is 6.87. The maximum Gasteiger partial charge on any atom is 0.260 e. The zero-order valence-corrected chi connectivity index (χ0v) is 11.8. The molecule has 1 aromatic heterocycles. The van der Waals surface area contributed by atoms with Crippen molar-refractivity contribution in [1.82, 2.24) is 14.3 Å². The average Bonchev–Trinajstić information content (AvgIpc) is 3.07. The zero-order chi connectivity index (χ0) is 13.6. The van der Waals surface area contributed by atoms with E-state index >= 15 is 0 Å². The Labute approximate surface area is 108 Å². The first-order valence-corrected chi connectivity index (χ1v) is 7.51. The summed E-state index contributed by atoms with van der Waals surface area (Å²) in [6, 6.07) is 0. The molecule has 0 radical (unpaired) electrons. The summed E-state index contributed by atoms with van der Waals surface area (Å²) in [5.74, 6) is 0.998. The molecule has 0 bridgehead atoms. The minimum absolute atomic E-state index is 0.0582. The molecule has 102 valence electrons. The van der Waals surface area contributed by atoms with E-state index in [-0.39, 0.29) is 5.03 Å². The van der Waals surface area contributed by atoms with Crippen molar-refractivity contribution in [2.45, 2.75) is 37.3 Å². The van der Waals surface area contributed by atoms with Crippen molar-refractivity contribution in [3.05, 3.63) is 12.0 Å². The molecule has 0 aliphatic heterocycles.